The Hall–Kier alpha value is -4.47. The first kappa shape index (κ1) is 25.2. The fourth-order valence-corrected chi connectivity index (χ4v) is 4.30. The van der Waals surface area contributed by atoms with Gasteiger partial charge in [0.2, 0.25) is 5.89 Å². The van der Waals surface area contributed by atoms with Crippen LogP contribution in [0.25, 0.3) is 11.6 Å². The molecule has 196 valence electrons. The molecule has 2 heterocycles. The highest BCUT2D eigenvalue weighted by Gasteiger charge is 2.33. The molecule has 0 unspecified atom stereocenters. The van der Waals surface area contributed by atoms with Crippen LogP contribution in [0, 0.1) is 12.7 Å². The number of carbonyl (C=O) groups excluding carboxylic acids is 1. The summed E-state index contributed by atoms with van der Waals surface area (Å²) in [5.74, 6) is 1.43. The molecule has 0 bridgehead atoms. The molecule has 1 saturated carbocycles. The smallest absolute Gasteiger partial charge is 0.404 e. The van der Waals surface area contributed by atoms with Crippen molar-refractivity contribution in [3.8, 4) is 28.8 Å². The second kappa shape index (κ2) is 10.1. The second-order valence-electron chi connectivity index (χ2n) is 9.67. The van der Waals surface area contributed by atoms with E-state index in [1.807, 2.05) is 48.5 Å². The van der Waals surface area contributed by atoms with E-state index in [1.54, 1.807) is 6.92 Å². The van der Waals surface area contributed by atoms with Crippen molar-refractivity contribution in [2.75, 3.05) is 0 Å². The summed E-state index contributed by atoms with van der Waals surface area (Å²) < 4.78 is 36.2. The van der Waals surface area contributed by atoms with Crippen molar-refractivity contribution in [2.24, 2.45) is 5.73 Å². The maximum Gasteiger partial charge on any atom is 0.404 e. The van der Waals surface area contributed by atoms with Gasteiger partial charge >= 0.3 is 6.09 Å². The molecular weight excluding hydrogens is 491 g/mol. The van der Waals surface area contributed by atoms with Gasteiger partial charge in [0.05, 0.1) is 6.20 Å². The summed E-state index contributed by atoms with van der Waals surface area (Å²) in [6.45, 7) is 5.92. The number of primary amides is 1. The molecule has 1 fully saturated rings. The van der Waals surface area contributed by atoms with E-state index in [9.17, 15) is 9.18 Å². The lowest BCUT2D eigenvalue weighted by atomic mass is 9.78. The predicted molar refractivity (Wildman–Crippen MR) is 135 cm³/mol. The van der Waals surface area contributed by atoms with Gasteiger partial charge in [0, 0.05) is 31.2 Å². The molecule has 1 aliphatic rings. The van der Waals surface area contributed by atoms with E-state index in [4.69, 9.17) is 24.4 Å². The summed E-state index contributed by atoms with van der Waals surface area (Å²) in [5, 5.41) is 7.76. The van der Waals surface area contributed by atoms with Crippen molar-refractivity contribution in [3.63, 3.8) is 0 Å². The fraction of sp³-hybridized carbons (Fsp3) is 0.286. The van der Waals surface area contributed by atoms with Crippen LogP contribution in [0.2, 0.25) is 0 Å². The number of ether oxygens (including phenoxy) is 3. The standard InChI is InChI=1S/C28H27FN4O5/c1-16-32-33-26(35-16)25-24(12-19(29)15-31-25)37-21-10-6-18(7-11-21)28(2,3)17-4-8-20(9-5-17)36-22-13-23(14-22)38-27(30)34/h4-12,15,22-23H,13-14H2,1-3H3,(H2,30,34). The van der Waals surface area contributed by atoms with Gasteiger partial charge in [-0.05, 0) is 35.4 Å². The number of nitrogens with zero attached hydrogens (tertiary/aromatic N) is 3. The Balaban J connectivity index is 1.26. The molecule has 2 N–H and O–H groups in total. The molecule has 0 saturated heterocycles. The summed E-state index contributed by atoms with van der Waals surface area (Å²) >= 11 is 0. The Kier molecular flexibility index (Phi) is 6.71. The van der Waals surface area contributed by atoms with Crippen LogP contribution in [0.4, 0.5) is 9.18 Å². The normalized spacial score (nSPS) is 16.9. The summed E-state index contributed by atoms with van der Waals surface area (Å²) in [7, 11) is 0. The van der Waals surface area contributed by atoms with E-state index in [1.165, 1.54) is 6.07 Å². The molecule has 38 heavy (non-hydrogen) atoms. The van der Waals surface area contributed by atoms with Gasteiger partial charge < -0.3 is 24.4 Å². The highest BCUT2D eigenvalue weighted by atomic mass is 19.1. The third-order valence-corrected chi connectivity index (χ3v) is 6.56. The summed E-state index contributed by atoms with van der Waals surface area (Å²) in [6, 6.07) is 16.8. The van der Waals surface area contributed by atoms with E-state index in [-0.39, 0.29) is 35.0 Å². The van der Waals surface area contributed by atoms with Gasteiger partial charge in [-0.1, -0.05) is 38.1 Å². The van der Waals surface area contributed by atoms with Gasteiger partial charge in [-0.15, -0.1) is 10.2 Å². The van der Waals surface area contributed by atoms with E-state index >= 15 is 0 Å². The first-order valence-corrected chi connectivity index (χ1v) is 12.1. The number of rotatable bonds is 8. The molecule has 4 aromatic rings. The van der Waals surface area contributed by atoms with Crippen LogP contribution in [0.15, 0.2) is 65.2 Å². The minimum atomic E-state index is -0.755. The molecule has 0 radical (unpaired) electrons. The highest BCUT2D eigenvalue weighted by molar-refractivity contribution is 5.65. The Bertz CT molecular complexity index is 1430. The molecule has 5 rings (SSSR count). The first-order valence-electron chi connectivity index (χ1n) is 12.1. The van der Waals surface area contributed by atoms with Crippen LogP contribution < -0.4 is 15.2 Å². The zero-order chi connectivity index (χ0) is 26.9. The minimum absolute atomic E-state index is 0.00316. The summed E-state index contributed by atoms with van der Waals surface area (Å²) in [5.41, 5.74) is 7.17. The highest BCUT2D eigenvalue weighted by Crippen LogP contribution is 2.36. The molecule has 9 nitrogen and oxygen atoms in total. The van der Waals surface area contributed by atoms with E-state index in [2.05, 4.69) is 29.0 Å². The number of hydrogen-bond acceptors (Lipinski definition) is 8. The van der Waals surface area contributed by atoms with Gasteiger partial charge in [-0.25, -0.2) is 14.2 Å². The molecular formula is C28H27FN4O5. The summed E-state index contributed by atoms with van der Waals surface area (Å²) in [6.07, 6.45) is 1.41. The van der Waals surface area contributed by atoms with E-state index < -0.39 is 11.9 Å². The number of aryl methyl sites for hydroxylation is 1. The third kappa shape index (κ3) is 5.44. The third-order valence-electron chi connectivity index (χ3n) is 6.56. The number of amides is 1. The zero-order valence-electron chi connectivity index (χ0n) is 21.2. The van der Waals surface area contributed by atoms with Crippen molar-refractivity contribution in [2.45, 2.75) is 51.2 Å². The Labute approximate surface area is 218 Å². The average Bonchev–Trinajstić information content (AvgIpc) is 3.29. The monoisotopic (exact) mass is 518 g/mol. The van der Waals surface area contributed by atoms with Crippen molar-refractivity contribution in [1.82, 2.24) is 15.2 Å². The lowest BCUT2D eigenvalue weighted by Crippen LogP contribution is -2.41. The SMILES string of the molecule is Cc1nnc(-c2ncc(F)cc2Oc2ccc(C(C)(C)c3ccc(OC4CC(OC(N)=O)C4)cc3)cc2)o1. The van der Waals surface area contributed by atoms with Gasteiger partial charge in [0.1, 0.15) is 29.5 Å². The van der Waals surface area contributed by atoms with Crippen LogP contribution in [0.1, 0.15) is 43.7 Å². The Morgan fingerprint density at radius 2 is 1.63 bits per heavy atom. The van der Waals surface area contributed by atoms with E-state index in [0.29, 0.717) is 24.5 Å². The lowest BCUT2D eigenvalue weighted by molar-refractivity contribution is -0.0197. The summed E-state index contributed by atoms with van der Waals surface area (Å²) in [4.78, 5) is 14.9. The predicted octanol–water partition coefficient (Wildman–Crippen LogP) is 5.70. The van der Waals surface area contributed by atoms with Crippen LogP contribution in [0.5, 0.6) is 17.2 Å². The topological polar surface area (TPSA) is 123 Å². The van der Waals surface area contributed by atoms with E-state index in [0.717, 1.165) is 23.1 Å². The lowest BCUT2D eigenvalue weighted by Gasteiger charge is -2.34. The van der Waals surface area contributed by atoms with Crippen molar-refractivity contribution < 1.29 is 27.8 Å². The fourth-order valence-electron chi connectivity index (χ4n) is 4.30. The maximum absolute atomic E-state index is 13.9. The number of pyridine rings is 1. The van der Waals surface area contributed by atoms with Gasteiger partial charge in [0.15, 0.2) is 11.4 Å². The van der Waals surface area contributed by atoms with Gasteiger partial charge in [-0.3, -0.25) is 0 Å². The van der Waals surface area contributed by atoms with Crippen molar-refractivity contribution in [1.29, 1.82) is 0 Å². The van der Waals surface area contributed by atoms with Crippen LogP contribution in [0.3, 0.4) is 0 Å². The largest absolute Gasteiger partial charge is 0.490 e. The average molecular weight is 519 g/mol. The quantitative estimate of drug-likeness (QED) is 0.315. The molecule has 1 aliphatic carbocycles. The van der Waals surface area contributed by atoms with Crippen LogP contribution in [-0.2, 0) is 10.2 Å². The number of nitrogens with two attached hydrogens (primary N) is 1. The minimum Gasteiger partial charge on any atom is -0.490 e. The number of hydrogen-bond donors (Lipinski definition) is 1. The number of carbonyl (C=O) groups is 1. The number of aromatic nitrogens is 3. The molecule has 2 aromatic carbocycles. The van der Waals surface area contributed by atoms with Crippen molar-refractivity contribution in [3.05, 3.63) is 83.6 Å². The van der Waals surface area contributed by atoms with Gasteiger partial charge in [-0.2, -0.15) is 0 Å². The van der Waals surface area contributed by atoms with Crippen molar-refractivity contribution >= 4 is 6.09 Å². The number of halogens is 1. The number of benzene rings is 2. The Morgan fingerprint density at radius 3 is 2.21 bits per heavy atom. The van der Waals surface area contributed by atoms with Crippen LogP contribution in [-0.4, -0.2) is 33.5 Å². The van der Waals surface area contributed by atoms with Crippen LogP contribution >= 0.6 is 0 Å². The second-order valence-corrected chi connectivity index (χ2v) is 9.67. The molecule has 1 amide bonds. The van der Waals surface area contributed by atoms with Gasteiger partial charge in [0.25, 0.3) is 5.89 Å². The molecule has 0 aliphatic heterocycles. The maximum atomic E-state index is 13.9. The Morgan fingerprint density at radius 1 is 1.00 bits per heavy atom. The molecule has 0 atom stereocenters. The molecule has 10 heteroatoms. The first-order chi connectivity index (χ1) is 18.2. The zero-order valence-corrected chi connectivity index (χ0v) is 21.2. The molecule has 2 aromatic heterocycles. The molecule has 0 spiro atoms.